The first-order valence-electron chi connectivity index (χ1n) is 6.36. The van der Waals surface area contributed by atoms with E-state index < -0.39 is 0 Å². The second-order valence-corrected chi connectivity index (χ2v) is 4.59. The molecule has 0 spiro atoms. The summed E-state index contributed by atoms with van der Waals surface area (Å²) >= 11 is 0. The van der Waals surface area contributed by atoms with Gasteiger partial charge in [-0.05, 0) is 42.8 Å². The highest BCUT2D eigenvalue weighted by Crippen LogP contribution is 2.20. The summed E-state index contributed by atoms with van der Waals surface area (Å²) < 4.78 is 5.38. The fourth-order valence-electron chi connectivity index (χ4n) is 2.15. The summed E-state index contributed by atoms with van der Waals surface area (Å²) in [6.07, 6.45) is 1.68. The van der Waals surface area contributed by atoms with Crippen LogP contribution in [0.15, 0.2) is 60.8 Å². The van der Waals surface area contributed by atoms with Crippen LogP contribution in [0.1, 0.15) is 15.9 Å². The summed E-state index contributed by atoms with van der Waals surface area (Å²) in [5, 5.41) is 0.938. The molecule has 0 radical (unpaired) electrons. The number of carbonyl (C=O) groups is 1. The molecule has 0 aliphatic rings. The van der Waals surface area contributed by atoms with E-state index in [2.05, 4.69) is 4.98 Å². The Hall–Kier alpha value is -2.68. The smallest absolute Gasteiger partial charge is 0.345 e. The molecule has 3 rings (SSSR count). The number of para-hydroxylation sites is 1. The number of nitrogens with zero attached hydrogens (tertiary/aromatic N) is 1. The molecule has 20 heavy (non-hydrogen) atoms. The van der Waals surface area contributed by atoms with Crippen LogP contribution in [0.2, 0.25) is 0 Å². The van der Waals surface area contributed by atoms with Gasteiger partial charge in [0.15, 0.2) is 0 Å². The summed E-state index contributed by atoms with van der Waals surface area (Å²) in [5.74, 6) is 0.145. The highest BCUT2D eigenvalue weighted by atomic mass is 16.5. The number of fused-ring (bicyclic) bond motifs is 1. The summed E-state index contributed by atoms with van der Waals surface area (Å²) in [6.45, 7) is 1.95. The second-order valence-electron chi connectivity index (χ2n) is 4.59. The van der Waals surface area contributed by atoms with E-state index in [-0.39, 0.29) is 5.97 Å². The van der Waals surface area contributed by atoms with Crippen molar-refractivity contribution >= 4 is 16.9 Å². The molecule has 0 fully saturated rings. The lowest BCUT2D eigenvalue weighted by Gasteiger charge is -2.07. The van der Waals surface area contributed by atoms with E-state index in [1.807, 2.05) is 43.3 Å². The Morgan fingerprint density at radius 2 is 1.85 bits per heavy atom. The quantitative estimate of drug-likeness (QED) is 0.522. The summed E-state index contributed by atoms with van der Waals surface area (Å²) in [6, 6.07) is 16.6. The molecule has 0 aliphatic heterocycles. The number of rotatable bonds is 2. The van der Waals surface area contributed by atoms with Crippen molar-refractivity contribution in [1.29, 1.82) is 0 Å². The van der Waals surface area contributed by atoms with Gasteiger partial charge >= 0.3 is 5.97 Å². The Bertz CT molecular complexity index is 766. The van der Waals surface area contributed by atoms with Crippen LogP contribution in [0.3, 0.4) is 0 Å². The second kappa shape index (κ2) is 5.13. The molecule has 3 nitrogen and oxygen atoms in total. The van der Waals surface area contributed by atoms with Crippen LogP contribution >= 0.6 is 0 Å². The highest BCUT2D eigenvalue weighted by molar-refractivity contribution is 6.03. The average Bonchev–Trinajstić information content (AvgIpc) is 2.47. The van der Waals surface area contributed by atoms with Gasteiger partial charge in [0.05, 0.1) is 11.1 Å². The van der Waals surface area contributed by atoms with Crippen molar-refractivity contribution in [1.82, 2.24) is 4.98 Å². The molecule has 0 saturated heterocycles. The Kier molecular flexibility index (Phi) is 3.17. The number of aromatic nitrogens is 1. The van der Waals surface area contributed by atoms with E-state index in [0.29, 0.717) is 16.8 Å². The average molecular weight is 263 g/mol. The molecule has 2 aromatic carbocycles. The number of hydrogen-bond donors (Lipinski definition) is 0. The Morgan fingerprint density at radius 3 is 2.65 bits per heavy atom. The van der Waals surface area contributed by atoms with Crippen molar-refractivity contribution in [3.8, 4) is 5.75 Å². The molecule has 3 aromatic rings. The fourth-order valence-corrected chi connectivity index (χ4v) is 2.15. The molecular weight excluding hydrogens is 250 g/mol. The third-order valence-corrected chi connectivity index (χ3v) is 3.02. The minimum absolute atomic E-state index is 0.386. The maximum Gasteiger partial charge on any atom is 0.345 e. The van der Waals surface area contributed by atoms with Crippen LogP contribution in [-0.2, 0) is 0 Å². The summed E-state index contributed by atoms with van der Waals surface area (Å²) in [4.78, 5) is 16.6. The minimum Gasteiger partial charge on any atom is -0.423 e. The van der Waals surface area contributed by atoms with Crippen LogP contribution in [-0.4, -0.2) is 11.0 Å². The first-order chi connectivity index (χ1) is 9.74. The Balaban J connectivity index is 2.03. The van der Waals surface area contributed by atoms with Gasteiger partial charge in [0, 0.05) is 11.6 Å². The predicted octanol–water partition coefficient (Wildman–Crippen LogP) is 3.76. The van der Waals surface area contributed by atoms with Gasteiger partial charge in [0.25, 0.3) is 0 Å². The zero-order valence-electron chi connectivity index (χ0n) is 11.0. The number of ether oxygens (including phenoxy) is 1. The third kappa shape index (κ3) is 2.38. The fraction of sp³-hybridized carbons (Fsp3) is 0.0588. The van der Waals surface area contributed by atoms with Gasteiger partial charge in [-0.15, -0.1) is 0 Å². The number of aryl methyl sites for hydroxylation is 1. The van der Waals surface area contributed by atoms with E-state index in [1.165, 1.54) is 0 Å². The number of pyridine rings is 1. The van der Waals surface area contributed by atoms with E-state index in [1.54, 1.807) is 24.4 Å². The van der Waals surface area contributed by atoms with Gasteiger partial charge < -0.3 is 4.74 Å². The van der Waals surface area contributed by atoms with Crippen molar-refractivity contribution < 1.29 is 9.53 Å². The molecule has 0 bridgehead atoms. The zero-order valence-corrected chi connectivity index (χ0v) is 11.0. The molecule has 0 saturated carbocycles. The first kappa shape index (κ1) is 12.4. The topological polar surface area (TPSA) is 39.2 Å². The number of benzene rings is 2. The third-order valence-electron chi connectivity index (χ3n) is 3.02. The van der Waals surface area contributed by atoms with Gasteiger partial charge in [0.2, 0.25) is 0 Å². The van der Waals surface area contributed by atoms with Gasteiger partial charge in [-0.3, -0.25) is 4.98 Å². The maximum absolute atomic E-state index is 12.3. The molecule has 0 aliphatic carbocycles. The van der Waals surface area contributed by atoms with Crippen molar-refractivity contribution in [3.05, 3.63) is 71.9 Å². The monoisotopic (exact) mass is 263 g/mol. The molecule has 1 heterocycles. The van der Waals surface area contributed by atoms with Crippen LogP contribution in [0.25, 0.3) is 10.9 Å². The maximum atomic E-state index is 12.3. The minimum atomic E-state index is -0.386. The molecular formula is C17H13NO2. The Morgan fingerprint density at radius 1 is 1.05 bits per heavy atom. The molecule has 0 atom stereocenters. The predicted molar refractivity (Wildman–Crippen MR) is 77.9 cm³/mol. The first-order valence-corrected chi connectivity index (χ1v) is 6.36. The lowest BCUT2D eigenvalue weighted by Crippen LogP contribution is -2.10. The molecule has 0 N–H and O–H groups in total. The van der Waals surface area contributed by atoms with Gasteiger partial charge in [-0.1, -0.05) is 24.3 Å². The normalized spacial score (nSPS) is 10.4. The van der Waals surface area contributed by atoms with Crippen molar-refractivity contribution in [2.45, 2.75) is 6.92 Å². The standard InChI is InChI=1S/C17H13NO2/c1-12-10-13-6-5-9-18-16(13)15(11-12)17(19)20-14-7-3-2-4-8-14/h2-11H,1H3. The SMILES string of the molecule is Cc1cc(C(=O)Oc2ccccc2)c2ncccc2c1. The summed E-state index contributed by atoms with van der Waals surface area (Å²) in [7, 11) is 0. The van der Waals surface area contributed by atoms with Crippen molar-refractivity contribution in [2.24, 2.45) is 0 Å². The highest BCUT2D eigenvalue weighted by Gasteiger charge is 2.14. The van der Waals surface area contributed by atoms with E-state index in [9.17, 15) is 4.79 Å². The van der Waals surface area contributed by atoms with Crippen molar-refractivity contribution in [3.63, 3.8) is 0 Å². The largest absolute Gasteiger partial charge is 0.423 e. The lowest BCUT2D eigenvalue weighted by atomic mass is 10.1. The van der Waals surface area contributed by atoms with Gasteiger partial charge in [0.1, 0.15) is 5.75 Å². The molecule has 0 amide bonds. The van der Waals surface area contributed by atoms with Gasteiger partial charge in [-0.2, -0.15) is 0 Å². The lowest BCUT2D eigenvalue weighted by molar-refractivity contribution is 0.0736. The van der Waals surface area contributed by atoms with Crippen molar-refractivity contribution in [2.75, 3.05) is 0 Å². The number of esters is 1. The van der Waals surface area contributed by atoms with Crippen LogP contribution in [0.4, 0.5) is 0 Å². The van der Waals surface area contributed by atoms with Crippen LogP contribution in [0.5, 0.6) is 5.75 Å². The molecule has 0 unspecified atom stereocenters. The Labute approximate surface area is 116 Å². The number of carbonyl (C=O) groups excluding carboxylic acids is 1. The van der Waals surface area contributed by atoms with E-state index in [0.717, 1.165) is 10.9 Å². The molecule has 3 heteroatoms. The number of hydrogen-bond acceptors (Lipinski definition) is 3. The van der Waals surface area contributed by atoms with E-state index >= 15 is 0 Å². The molecule has 98 valence electrons. The van der Waals surface area contributed by atoms with Crippen LogP contribution in [0, 0.1) is 6.92 Å². The summed E-state index contributed by atoms with van der Waals surface area (Å²) in [5.41, 5.74) is 2.16. The van der Waals surface area contributed by atoms with E-state index in [4.69, 9.17) is 4.74 Å². The molecule has 1 aromatic heterocycles. The van der Waals surface area contributed by atoms with Crippen LogP contribution < -0.4 is 4.74 Å². The van der Waals surface area contributed by atoms with Gasteiger partial charge in [-0.25, -0.2) is 4.79 Å². The zero-order chi connectivity index (χ0) is 13.9.